The van der Waals surface area contributed by atoms with Crippen molar-refractivity contribution in [1.29, 1.82) is 0 Å². The smallest absolute Gasteiger partial charge is 0.243 e. The number of nitrogens with two attached hydrogens (primary N) is 1. The van der Waals surface area contributed by atoms with Gasteiger partial charge in [-0.2, -0.15) is 4.98 Å². The van der Waals surface area contributed by atoms with Crippen LogP contribution < -0.4 is 5.73 Å². The first kappa shape index (κ1) is 18.4. The van der Waals surface area contributed by atoms with Crippen LogP contribution in [0.1, 0.15) is 23.3 Å². The Hall–Kier alpha value is -1.95. The minimum Gasteiger partial charge on any atom is -0.338 e. The molecule has 0 aliphatic heterocycles. The molecule has 3 aromatic rings. The average molecular weight is 368 g/mol. The molecule has 7 heteroatoms. The molecular weight excluding hydrogens is 352 g/mol. The number of hydrogen-bond acceptors (Lipinski definition) is 4. The van der Waals surface area contributed by atoms with Crippen molar-refractivity contribution in [2.45, 2.75) is 19.4 Å². The Morgan fingerprint density at radius 1 is 1.21 bits per heavy atom. The van der Waals surface area contributed by atoms with Crippen molar-refractivity contribution in [2.24, 2.45) is 5.73 Å². The number of benzene rings is 2. The summed E-state index contributed by atoms with van der Waals surface area (Å²) in [7, 11) is 0. The molecular formula is C17H16Cl2FN3O. The third kappa shape index (κ3) is 4.12. The molecule has 0 amide bonds. The molecule has 0 radical (unpaired) electrons. The number of aryl methyl sites for hydroxylation is 1. The maximum Gasteiger partial charge on any atom is 0.243 e. The Morgan fingerprint density at radius 3 is 2.62 bits per heavy atom. The molecule has 0 bridgehead atoms. The molecule has 0 saturated carbocycles. The van der Waals surface area contributed by atoms with Crippen LogP contribution in [0, 0.1) is 12.7 Å². The molecule has 126 valence electrons. The van der Waals surface area contributed by atoms with E-state index in [4.69, 9.17) is 21.9 Å². The summed E-state index contributed by atoms with van der Waals surface area (Å²) in [6, 6.07) is 12.1. The second kappa shape index (κ2) is 7.75. The van der Waals surface area contributed by atoms with Gasteiger partial charge in [0.2, 0.25) is 5.89 Å². The van der Waals surface area contributed by atoms with Gasteiger partial charge < -0.3 is 10.3 Å². The minimum atomic E-state index is -0.430. The molecule has 1 aromatic heterocycles. The monoisotopic (exact) mass is 367 g/mol. The van der Waals surface area contributed by atoms with Crippen LogP contribution in [0.5, 0.6) is 0 Å². The van der Waals surface area contributed by atoms with Crippen LogP contribution in [0.15, 0.2) is 47.0 Å². The van der Waals surface area contributed by atoms with Crippen molar-refractivity contribution in [1.82, 2.24) is 10.1 Å². The fourth-order valence-electron chi connectivity index (χ4n) is 2.36. The van der Waals surface area contributed by atoms with Gasteiger partial charge in [0.25, 0.3) is 0 Å². The van der Waals surface area contributed by atoms with Crippen LogP contribution in [0.4, 0.5) is 4.39 Å². The lowest BCUT2D eigenvalue weighted by atomic mass is 9.99. The minimum absolute atomic E-state index is 0. The molecule has 24 heavy (non-hydrogen) atoms. The molecule has 2 aromatic carbocycles. The summed E-state index contributed by atoms with van der Waals surface area (Å²) in [6.45, 7) is 1.75. The van der Waals surface area contributed by atoms with Crippen molar-refractivity contribution in [3.8, 4) is 11.1 Å². The van der Waals surface area contributed by atoms with E-state index in [0.29, 0.717) is 18.1 Å². The van der Waals surface area contributed by atoms with Gasteiger partial charge in [-0.15, -0.1) is 12.4 Å². The molecule has 2 N–H and O–H groups in total. The van der Waals surface area contributed by atoms with Crippen molar-refractivity contribution >= 4 is 24.0 Å². The summed E-state index contributed by atoms with van der Waals surface area (Å²) < 4.78 is 18.4. The second-order valence-corrected chi connectivity index (χ2v) is 5.73. The van der Waals surface area contributed by atoms with E-state index in [1.165, 1.54) is 6.07 Å². The van der Waals surface area contributed by atoms with E-state index in [9.17, 15) is 4.39 Å². The summed E-state index contributed by atoms with van der Waals surface area (Å²) >= 11 is 5.85. The van der Waals surface area contributed by atoms with E-state index in [-0.39, 0.29) is 23.5 Å². The average Bonchev–Trinajstić information content (AvgIpc) is 2.97. The van der Waals surface area contributed by atoms with E-state index >= 15 is 0 Å². The van der Waals surface area contributed by atoms with Crippen LogP contribution in [-0.2, 0) is 6.42 Å². The standard InChI is InChI=1S/C17H15ClFN3O.ClH/c1-10-21-17(23-22-10)16(20)8-11-3-2-4-12(7-11)13-5-6-15(19)14(18)9-13;/h2-7,9,16H,8,20H2,1H3;1H. The Morgan fingerprint density at radius 2 is 1.96 bits per heavy atom. The van der Waals surface area contributed by atoms with Gasteiger partial charge >= 0.3 is 0 Å². The molecule has 1 unspecified atom stereocenters. The molecule has 0 spiro atoms. The Bertz CT molecular complexity index is 838. The van der Waals surface area contributed by atoms with E-state index in [2.05, 4.69) is 10.1 Å². The highest BCUT2D eigenvalue weighted by atomic mass is 35.5. The third-order valence-electron chi connectivity index (χ3n) is 3.50. The van der Waals surface area contributed by atoms with E-state index in [0.717, 1.165) is 16.7 Å². The first-order chi connectivity index (χ1) is 11.0. The van der Waals surface area contributed by atoms with Crippen molar-refractivity contribution in [2.75, 3.05) is 0 Å². The summed E-state index contributed by atoms with van der Waals surface area (Å²) in [6.07, 6.45) is 0.560. The van der Waals surface area contributed by atoms with Gasteiger partial charge in [0.15, 0.2) is 5.82 Å². The maximum absolute atomic E-state index is 13.3. The number of aromatic nitrogens is 2. The first-order valence-corrected chi connectivity index (χ1v) is 7.51. The summed E-state index contributed by atoms with van der Waals surface area (Å²) in [4.78, 5) is 4.15. The van der Waals surface area contributed by atoms with Crippen molar-refractivity contribution < 1.29 is 8.91 Å². The Balaban J connectivity index is 0.00000208. The molecule has 3 rings (SSSR count). The number of nitrogens with zero attached hydrogens (tertiary/aromatic N) is 2. The van der Waals surface area contributed by atoms with E-state index in [1.54, 1.807) is 19.1 Å². The first-order valence-electron chi connectivity index (χ1n) is 7.13. The molecule has 1 heterocycles. The molecule has 0 fully saturated rings. The molecule has 1 atom stereocenters. The second-order valence-electron chi connectivity index (χ2n) is 5.32. The molecule has 0 aliphatic rings. The zero-order valence-corrected chi connectivity index (χ0v) is 14.4. The van der Waals surface area contributed by atoms with Crippen LogP contribution in [0.25, 0.3) is 11.1 Å². The van der Waals surface area contributed by atoms with E-state index < -0.39 is 5.82 Å². The summed E-state index contributed by atoms with van der Waals surface area (Å²) in [5.41, 5.74) is 8.92. The summed E-state index contributed by atoms with van der Waals surface area (Å²) in [5.74, 6) is 0.545. The highest BCUT2D eigenvalue weighted by Crippen LogP contribution is 2.26. The normalized spacial score (nSPS) is 11.8. The largest absolute Gasteiger partial charge is 0.338 e. The fraction of sp³-hybridized carbons (Fsp3) is 0.176. The van der Waals surface area contributed by atoms with Crippen LogP contribution in [0.2, 0.25) is 5.02 Å². The molecule has 0 aliphatic carbocycles. The number of rotatable bonds is 4. The lowest BCUT2D eigenvalue weighted by molar-refractivity contribution is 0.351. The number of halogens is 3. The predicted octanol–water partition coefficient (Wildman–Crippen LogP) is 4.50. The topological polar surface area (TPSA) is 64.9 Å². The van der Waals surface area contributed by atoms with Gasteiger partial charge in [0.05, 0.1) is 11.1 Å². The Kier molecular flexibility index (Phi) is 5.94. The van der Waals surface area contributed by atoms with Crippen LogP contribution in [0.3, 0.4) is 0 Å². The van der Waals surface area contributed by atoms with Gasteiger partial charge in [-0.1, -0.05) is 47.1 Å². The molecule has 4 nitrogen and oxygen atoms in total. The fourth-order valence-corrected chi connectivity index (χ4v) is 2.54. The highest BCUT2D eigenvalue weighted by molar-refractivity contribution is 6.31. The predicted molar refractivity (Wildman–Crippen MR) is 93.8 cm³/mol. The zero-order chi connectivity index (χ0) is 16.4. The van der Waals surface area contributed by atoms with Gasteiger partial charge in [-0.25, -0.2) is 4.39 Å². The summed E-state index contributed by atoms with van der Waals surface area (Å²) in [5, 5.41) is 3.85. The third-order valence-corrected chi connectivity index (χ3v) is 3.79. The van der Waals surface area contributed by atoms with Crippen molar-refractivity contribution in [3.63, 3.8) is 0 Å². The SMILES string of the molecule is Cc1noc(C(N)Cc2cccc(-c3ccc(F)c(Cl)c3)c2)n1.Cl. The van der Waals surface area contributed by atoms with Gasteiger partial charge in [-0.3, -0.25) is 0 Å². The maximum atomic E-state index is 13.3. The van der Waals surface area contributed by atoms with Crippen LogP contribution in [-0.4, -0.2) is 10.1 Å². The van der Waals surface area contributed by atoms with Crippen LogP contribution >= 0.6 is 24.0 Å². The van der Waals surface area contributed by atoms with Gasteiger partial charge in [0, 0.05) is 0 Å². The Labute approximate surface area is 150 Å². The lowest BCUT2D eigenvalue weighted by Crippen LogP contribution is -2.13. The van der Waals surface area contributed by atoms with Gasteiger partial charge in [-0.05, 0) is 42.2 Å². The highest BCUT2D eigenvalue weighted by Gasteiger charge is 2.14. The lowest BCUT2D eigenvalue weighted by Gasteiger charge is -2.09. The zero-order valence-electron chi connectivity index (χ0n) is 12.9. The van der Waals surface area contributed by atoms with E-state index in [1.807, 2.05) is 24.3 Å². The number of hydrogen-bond donors (Lipinski definition) is 1. The van der Waals surface area contributed by atoms with Crippen molar-refractivity contribution in [3.05, 3.63) is 70.6 Å². The quantitative estimate of drug-likeness (QED) is 0.736. The molecule has 0 saturated heterocycles. The van der Waals surface area contributed by atoms with Gasteiger partial charge in [0.1, 0.15) is 5.82 Å².